The van der Waals surface area contributed by atoms with Gasteiger partial charge in [0.1, 0.15) is 5.56 Å². The standard InChI is InChI=1S/C32H31F3N4O3S/c1-19-17-24(21-11-14-38(15-12-21)30(40)23-8-9-23)10-6-20(19)5-7-22-13-16-43-28(22)26-3-2-4-27(37-26)39-29(32(33,34)35)25(18-36-39)31(41)42/h2-4,6,10,13,16-18,21,23H,5,7-9,11-12,14-15H2,1H3,(H,41,42). The highest BCUT2D eigenvalue weighted by Crippen LogP contribution is 2.36. The third kappa shape index (κ3) is 6.08. The Morgan fingerprint density at radius 2 is 1.77 bits per heavy atom. The molecule has 4 heterocycles. The van der Waals surface area contributed by atoms with Crippen LogP contribution in [0.3, 0.4) is 0 Å². The Kier molecular flexibility index (Phi) is 7.85. The van der Waals surface area contributed by atoms with Crippen molar-refractivity contribution in [3.63, 3.8) is 0 Å². The monoisotopic (exact) mass is 608 g/mol. The van der Waals surface area contributed by atoms with Crippen molar-refractivity contribution in [1.82, 2.24) is 19.7 Å². The van der Waals surface area contributed by atoms with E-state index in [9.17, 15) is 27.9 Å². The Labute approximate surface area is 251 Å². The molecule has 1 aliphatic carbocycles. The molecule has 0 spiro atoms. The lowest BCUT2D eigenvalue weighted by molar-refractivity contribution is -0.143. The summed E-state index contributed by atoms with van der Waals surface area (Å²) in [5.41, 5.74) is 3.02. The lowest BCUT2D eigenvalue weighted by Crippen LogP contribution is -2.38. The molecule has 6 rings (SSSR count). The summed E-state index contributed by atoms with van der Waals surface area (Å²) in [6, 6.07) is 13.4. The zero-order valence-corrected chi connectivity index (χ0v) is 24.4. The molecule has 0 unspecified atom stereocenters. The predicted molar refractivity (Wildman–Crippen MR) is 156 cm³/mol. The quantitative estimate of drug-likeness (QED) is 0.235. The highest BCUT2D eigenvalue weighted by atomic mass is 32.1. The fourth-order valence-corrected chi connectivity index (χ4v) is 6.85. The lowest BCUT2D eigenvalue weighted by Gasteiger charge is -2.32. The van der Waals surface area contributed by atoms with Gasteiger partial charge in [0.15, 0.2) is 11.5 Å². The number of carbonyl (C=O) groups is 2. The van der Waals surface area contributed by atoms with Gasteiger partial charge in [0, 0.05) is 19.0 Å². The summed E-state index contributed by atoms with van der Waals surface area (Å²) >= 11 is 1.46. The molecule has 7 nitrogen and oxygen atoms in total. The molecule has 1 saturated carbocycles. The van der Waals surface area contributed by atoms with Crippen molar-refractivity contribution in [1.29, 1.82) is 0 Å². The Morgan fingerprint density at radius 1 is 1.02 bits per heavy atom. The van der Waals surface area contributed by atoms with Crippen LogP contribution < -0.4 is 0 Å². The number of alkyl halides is 3. The zero-order chi connectivity index (χ0) is 30.3. The van der Waals surface area contributed by atoms with Gasteiger partial charge >= 0.3 is 12.1 Å². The minimum Gasteiger partial charge on any atom is -0.478 e. The number of amides is 1. The number of pyridine rings is 1. The number of halogens is 3. The third-order valence-electron chi connectivity index (χ3n) is 8.43. The smallest absolute Gasteiger partial charge is 0.434 e. The predicted octanol–water partition coefficient (Wildman–Crippen LogP) is 6.92. The number of aryl methyl sites for hydroxylation is 3. The summed E-state index contributed by atoms with van der Waals surface area (Å²) < 4.78 is 41.8. The number of aromatic carboxylic acids is 1. The summed E-state index contributed by atoms with van der Waals surface area (Å²) in [7, 11) is 0. The van der Waals surface area contributed by atoms with Crippen LogP contribution in [0.5, 0.6) is 0 Å². The first-order valence-electron chi connectivity index (χ1n) is 14.4. The van der Waals surface area contributed by atoms with Crippen LogP contribution in [0, 0.1) is 12.8 Å². The van der Waals surface area contributed by atoms with E-state index in [2.05, 4.69) is 35.2 Å². The third-order valence-corrected chi connectivity index (χ3v) is 9.41. The average molecular weight is 609 g/mol. The lowest BCUT2D eigenvalue weighted by atomic mass is 9.87. The fourth-order valence-electron chi connectivity index (χ4n) is 5.92. The van der Waals surface area contributed by atoms with Crippen molar-refractivity contribution in [3.05, 3.63) is 87.6 Å². The summed E-state index contributed by atoms with van der Waals surface area (Å²) in [6.07, 6.45) is 1.36. The number of benzene rings is 1. The molecule has 0 radical (unpaired) electrons. The molecule has 1 amide bonds. The van der Waals surface area contributed by atoms with Crippen molar-refractivity contribution in [2.24, 2.45) is 5.92 Å². The van der Waals surface area contributed by atoms with Gasteiger partial charge in [-0.15, -0.1) is 11.3 Å². The summed E-state index contributed by atoms with van der Waals surface area (Å²) in [6.45, 7) is 3.78. The molecule has 2 aliphatic rings. The molecule has 2 fully saturated rings. The molecule has 4 aromatic rings. The number of hydrogen-bond acceptors (Lipinski definition) is 5. The van der Waals surface area contributed by atoms with E-state index in [4.69, 9.17) is 0 Å². The van der Waals surface area contributed by atoms with E-state index >= 15 is 0 Å². The molecule has 1 saturated heterocycles. The molecular formula is C32H31F3N4O3S. The minimum atomic E-state index is -4.92. The first-order chi connectivity index (χ1) is 20.6. The van der Waals surface area contributed by atoms with Crippen molar-refractivity contribution < 1.29 is 27.9 Å². The molecule has 224 valence electrons. The number of thiophene rings is 1. The van der Waals surface area contributed by atoms with Gasteiger partial charge in [-0.2, -0.15) is 18.3 Å². The van der Waals surface area contributed by atoms with Gasteiger partial charge in [-0.05, 0) is 97.2 Å². The van der Waals surface area contributed by atoms with Crippen molar-refractivity contribution in [3.8, 4) is 16.4 Å². The Balaban J connectivity index is 1.15. The van der Waals surface area contributed by atoms with Crippen LogP contribution >= 0.6 is 11.3 Å². The van der Waals surface area contributed by atoms with Gasteiger partial charge in [0.05, 0.1) is 16.8 Å². The van der Waals surface area contributed by atoms with E-state index in [-0.39, 0.29) is 11.7 Å². The summed E-state index contributed by atoms with van der Waals surface area (Å²) in [4.78, 5) is 31.1. The largest absolute Gasteiger partial charge is 0.478 e. The highest BCUT2D eigenvalue weighted by molar-refractivity contribution is 7.13. The first-order valence-corrected chi connectivity index (χ1v) is 15.3. The Bertz CT molecular complexity index is 1670. The van der Waals surface area contributed by atoms with Crippen LogP contribution in [0.15, 0.2) is 54.0 Å². The van der Waals surface area contributed by atoms with Gasteiger partial charge < -0.3 is 10.0 Å². The van der Waals surface area contributed by atoms with Crippen molar-refractivity contribution >= 4 is 23.2 Å². The van der Waals surface area contributed by atoms with Crippen molar-refractivity contribution in [2.75, 3.05) is 13.1 Å². The molecule has 11 heteroatoms. The Hall–Kier alpha value is -3.99. The second-order valence-corrected chi connectivity index (χ2v) is 12.3. The molecule has 1 aromatic carbocycles. The van der Waals surface area contributed by atoms with Crippen LogP contribution in [0.2, 0.25) is 0 Å². The van der Waals surface area contributed by atoms with E-state index in [0.29, 0.717) is 28.4 Å². The second kappa shape index (κ2) is 11.6. The zero-order valence-electron chi connectivity index (χ0n) is 23.6. The average Bonchev–Trinajstić information content (AvgIpc) is 3.54. The number of aromatic nitrogens is 3. The van der Waals surface area contributed by atoms with E-state index in [1.54, 1.807) is 12.1 Å². The summed E-state index contributed by atoms with van der Waals surface area (Å²) in [5, 5.41) is 14.9. The number of carboxylic acid groups (broad SMARTS) is 1. The van der Waals surface area contributed by atoms with Crippen LogP contribution in [0.1, 0.15) is 69.9 Å². The van der Waals surface area contributed by atoms with Gasteiger partial charge in [-0.1, -0.05) is 24.3 Å². The van der Waals surface area contributed by atoms with Crippen LogP contribution in [-0.2, 0) is 23.8 Å². The molecule has 1 aliphatic heterocycles. The van der Waals surface area contributed by atoms with Gasteiger partial charge in [-0.3, -0.25) is 4.79 Å². The molecule has 0 bridgehead atoms. The van der Waals surface area contributed by atoms with Gasteiger partial charge in [0.25, 0.3) is 0 Å². The van der Waals surface area contributed by atoms with Crippen LogP contribution in [-0.4, -0.2) is 49.7 Å². The number of likely N-dealkylation sites (tertiary alicyclic amines) is 1. The molecule has 43 heavy (non-hydrogen) atoms. The SMILES string of the molecule is Cc1cc(C2CCN(C(=O)C3CC3)CC2)ccc1CCc1ccsc1-c1cccc(-n2ncc(C(=O)O)c2C(F)(F)F)n1. The van der Waals surface area contributed by atoms with Gasteiger partial charge in [-0.25, -0.2) is 14.5 Å². The maximum atomic E-state index is 13.8. The Morgan fingerprint density at radius 3 is 2.44 bits per heavy atom. The van der Waals surface area contributed by atoms with E-state index in [0.717, 1.165) is 62.1 Å². The number of carboxylic acids is 1. The number of hydrogen-bond donors (Lipinski definition) is 1. The van der Waals surface area contributed by atoms with E-state index < -0.39 is 23.4 Å². The maximum Gasteiger partial charge on any atom is 0.434 e. The molecular weight excluding hydrogens is 577 g/mol. The molecule has 1 N–H and O–H groups in total. The fraction of sp³-hybridized carbons (Fsp3) is 0.375. The van der Waals surface area contributed by atoms with Crippen LogP contribution in [0.25, 0.3) is 16.4 Å². The van der Waals surface area contributed by atoms with E-state index in [1.807, 2.05) is 16.3 Å². The normalized spacial score (nSPS) is 16.0. The van der Waals surface area contributed by atoms with Crippen LogP contribution in [0.4, 0.5) is 13.2 Å². The topological polar surface area (TPSA) is 88.3 Å². The van der Waals surface area contributed by atoms with E-state index in [1.165, 1.54) is 34.1 Å². The van der Waals surface area contributed by atoms with Crippen molar-refractivity contribution in [2.45, 2.75) is 57.5 Å². The minimum absolute atomic E-state index is 0.106. The highest BCUT2D eigenvalue weighted by Gasteiger charge is 2.41. The number of nitrogens with zero attached hydrogens (tertiary/aromatic N) is 4. The second-order valence-electron chi connectivity index (χ2n) is 11.3. The van der Waals surface area contributed by atoms with Gasteiger partial charge in [0.2, 0.25) is 5.91 Å². The number of piperidine rings is 1. The first kappa shape index (κ1) is 29.1. The molecule has 3 aromatic heterocycles. The number of rotatable bonds is 8. The summed E-state index contributed by atoms with van der Waals surface area (Å²) in [5.74, 6) is -0.751. The molecule has 0 atom stereocenters. The number of carbonyl (C=O) groups excluding carboxylic acids is 1. The maximum absolute atomic E-state index is 13.8.